The summed E-state index contributed by atoms with van der Waals surface area (Å²) in [7, 11) is 0. The fourth-order valence-electron chi connectivity index (χ4n) is 1.17. The van der Waals surface area contributed by atoms with Gasteiger partial charge in [-0.15, -0.1) is 0 Å². The third kappa shape index (κ3) is 1.92. The molecule has 0 bridgehead atoms. The first kappa shape index (κ1) is 9.85. The van der Waals surface area contributed by atoms with Crippen molar-refractivity contribution in [3.8, 4) is 0 Å². The zero-order valence-electron chi connectivity index (χ0n) is 8.20. The summed E-state index contributed by atoms with van der Waals surface area (Å²) in [5.41, 5.74) is 7.15. The summed E-state index contributed by atoms with van der Waals surface area (Å²) >= 11 is 0. The van der Waals surface area contributed by atoms with Gasteiger partial charge in [0, 0.05) is 6.54 Å². The maximum absolute atomic E-state index is 9.15. The first-order chi connectivity index (χ1) is 6.06. The number of nitrogens with zero attached hydrogens (tertiary/aromatic N) is 2. The lowest BCUT2D eigenvalue weighted by Crippen LogP contribution is -2.17. The Labute approximate surface area is 77.5 Å². The van der Waals surface area contributed by atoms with Crippen molar-refractivity contribution in [2.24, 2.45) is 0 Å². The van der Waals surface area contributed by atoms with Crippen molar-refractivity contribution < 1.29 is 5.11 Å². The molecule has 0 radical (unpaired) electrons. The van der Waals surface area contributed by atoms with Gasteiger partial charge in [-0.1, -0.05) is 0 Å². The van der Waals surface area contributed by atoms with Crippen LogP contribution in [0.1, 0.15) is 19.5 Å². The molecule has 0 aliphatic rings. The number of nitrogen functional groups attached to an aromatic ring is 1. The summed E-state index contributed by atoms with van der Waals surface area (Å²) in [6.45, 7) is 6.18. The summed E-state index contributed by atoms with van der Waals surface area (Å²) in [5, 5.41) is 16.2. The SMILES string of the molecule is CCn1nc(C)c(N)c1NC(C)O. The Bertz CT molecular complexity index is 293. The number of hydrogen-bond donors (Lipinski definition) is 3. The van der Waals surface area contributed by atoms with E-state index >= 15 is 0 Å². The van der Waals surface area contributed by atoms with Gasteiger partial charge in [-0.05, 0) is 20.8 Å². The molecule has 1 aromatic rings. The van der Waals surface area contributed by atoms with Crippen molar-refractivity contribution >= 4 is 11.5 Å². The van der Waals surface area contributed by atoms with Crippen LogP contribution in [0.2, 0.25) is 0 Å². The zero-order valence-corrected chi connectivity index (χ0v) is 8.20. The number of rotatable bonds is 3. The molecule has 1 aromatic heterocycles. The summed E-state index contributed by atoms with van der Waals surface area (Å²) in [6, 6.07) is 0. The van der Waals surface area contributed by atoms with Gasteiger partial charge in [0.15, 0.2) is 0 Å². The first-order valence-corrected chi connectivity index (χ1v) is 4.33. The molecule has 0 aliphatic carbocycles. The molecular formula is C8H16N4O. The monoisotopic (exact) mass is 184 g/mol. The molecule has 0 aromatic carbocycles. The minimum atomic E-state index is -0.622. The average molecular weight is 184 g/mol. The standard InChI is InChI=1S/C8H16N4O/c1-4-12-8(10-6(3)13)7(9)5(2)11-12/h6,10,13H,4,9H2,1-3H3. The van der Waals surface area contributed by atoms with E-state index in [9.17, 15) is 0 Å². The van der Waals surface area contributed by atoms with Gasteiger partial charge in [0.05, 0.1) is 11.4 Å². The van der Waals surface area contributed by atoms with Crippen molar-refractivity contribution in [3.05, 3.63) is 5.69 Å². The maximum atomic E-state index is 9.15. The summed E-state index contributed by atoms with van der Waals surface area (Å²) in [6.07, 6.45) is -0.622. The van der Waals surface area contributed by atoms with Crippen LogP contribution < -0.4 is 11.1 Å². The molecule has 5 heteroatoms. The highest BCUT2D eigenvalue weighted by Crippen LogP contribution is 2.22. The summed E-state index contributed by atoms with van der Waals surface area (Å²) < 4.78 is 1.73. The molecule has 5 nitrogen and oxygen atoms in total. The Morgan fingerprint density at radius 3 is 2.77 bits per heavy atom. The van der Waals surface area contributed by atoms with Crippen LogP contribution in [0.4, 0.5) is 11.5 Å². The van der Waals surface area contributed by atoms with Crippen LogP contribution >= 0.6 is 0 Å². The van der Waals surface area contributed by atoms with Gasteiger partial charge in [0.2, 0.25) is 0 Å². The van der Waals surface area contributed by atoms with Crippen LogP contribution in [0.5, 0.6) is 0 Å². The second-order valence-electron chi connectivity index (χ2n) is 2.98. The van der Waals surface area contributed by atoms with E-state index in [1.54, 1.807) is 11.6 Å². The predicted octanol–water partition coefficient (Wildman–Crippen LogP) is 0.544. The van der Waals surface area contributed by atoms with E-state index in [-0.39, 0.29) is 0 Å². The number of aromatic nitrogens is 2. The molecule has 0 saturated heterocycles. The number of hydrogen-bond acceptors (Lipinski definition) is 4. The zero-order chi connectivity index (χ0) is 10.0. The Morgan fingerprint density at radius 1 is 1.69 bits per heavy atom. The third-order valence-electron chi connectivity index (χ3n) is 1.82. The quantitative estimate of drug-likeness (QED) is 0.599. The average Bonchev–Trinajstić information content (AvgIpc) is 2.31. The number of nitrogens with one attached hydrogen (secondary N) is 1. The minimum Gasteiger partial charge on any atom is -0.394 e. The van der Waals surface area contributed by atoms with Gasteiger partial charge in [-0.2, -0.15) is 5.10 Å². The van der Waals surface area contributed by atoms with Crippen LogP contribution in [0.3, 0.4) is 0 Å². The van der Waals surface area contributed by atoms with Gasteiger partial charge in [-0.3, -0.25) is 0 Å². The van der Waals surface area contributed by atoms with E-state index in [0.29, 0.717) is 11.5 Å². The lowest BCUT2D eigenvalue weighted by atomic mass is 10.4. The summed E-state index contributed by atoms with van der Waals surface area (Å²) in [4.78, 5) is 0. The normalized spacial score (nSPS) is 12.9. The third-order valence-corrected chi connectivity index (χ3v) is 1.82. The number of aliphatic hydroxyl groups is 1. The Hall–Kier alpha value is -1.23. The van der Waals surface area contributed by atoms with Crippen LogP contribution in [0, 0.1) is 6.92 Å². The molecular weight excluding hydrogens is 168 g/mol. The molecule has 0 aliphatic heterocycles. The molecule has 0 amide bonds. The van der Waals surface area contributed by atoms with E-state index in [1.165, 1.54) is 0 Å². The minimum absolute atomic E-state index is 0.600. The van der Waals surface area contributed by atoms with Gasteiger partial charge in [-0.25, -0.2) is 4.68 Å². The van der Waals surface area contributed by atoms with Crippen LogP contribution in [-0.4, -0.2) is 21.1 Å². The molecule has 4 N–H and O–H groups in total. The number of anilines is 2. The molecule has 13 heavy (non-hydrogen) atoms. The molecule has 1 heterocycles. The second-order valence-corrected chi connectivity index (χ2v) is 2.98. The number of aliphatic hydroxyl groups excluding tert-OH is 1. The Balaban J connectivity index is 3.01. The van der Waals surface area contributed by atoms with Crippen LogP contribution in [0.25, 0.3) is 0 Å². The fraction of sp³-hybridized carbons (Fsp3) is 0.625. The lowest BCUT2D eigenvalue weighted by molar-refractivity contribution is 0.223. The molecule has 1 rings (SSSR count). The highest BCUT2D eigenvalue weighted by atomic mass is 16.3. The smallest absolute Gasteiger partial charge is 0.150 e. The van der Waals surface area contributed by atoms with Gasteiger partial charge < -0.3 is 16.2 Å². The van der Waals surface area contributed by atoms with Crippen molar-refractivity contribution in [3.63, 3.8) is 0 Å². The molecule has 0 fully saturated rings. The highest BCUT2D eigenvalue weighted by molar-refractivity contribution is 5.64. The van der Waals surface area contributed by atoms with E-state index in [2.05, 4.69) is 10.4 Å². The topological polar surface area (TPSA) is 76.1 Å². The van der Waals surface area contributed by atoms with Gasteiger partial charge in [0.1, 0.15) is 12.0 Å². The van der Waals surface area contributed by atoms with E-state index < -0.39 is 6.23 Å². The van der Waals surface area contributed by atoms with Crippen molar-refractivity contribution in [2.75, 3.05) is 11.1 Å². The largest absolute Gasteiger partial charge is 0.394 e. The Kier molecular flexibility index (Phi) is 2.77. The molecule has 0 saturated carbocycles. The molecule has 1 unspecified atom stereocenters. The van der Waals surface area contributed by atoms with E-state index in [1.807, 2.05) is 13.8 Å². The number of aryl methyl sites for hydroxylation is 2. The molecule has 74 valence electrons. The van der Waals surface area contributed by atoms with E-state index in [4.69, 9.17) is 10.8 Å². The fourth-order valence-corrected chi connectivity index (χ4v) is 1.17. The highest BCUT2D eigenvalue weighted by Gasteiger charge is 2.11. The lowest BCUT2D eigenvalue weighted by Gasteiger charge is -2.11. The van der Waals surface area contributed by atoms with Crippen LogP contribution in [0.15, 0.2) is 0 Å². The second kappa shape index (κ2) is 3.66. The molecule has 1 atom stereocenters. The van der Waals surface area contributed by atoms with E-state index in [0.717, 1.165) is 12.2 Å². The molecule has 0 spiro atoms. The predicted molar refractivity (Wildman–Crippen MR) is 52.4 cm³/mol. The number of nitrogens with two attached hydrogens (primary N) is 1. The van der Waals surface area contributed by atoms with Crippen molar-refractivity contribution in [2.45, 2.75) is 33.5 Å². The first-order valence-electron chi connectivity index (χ1n) is 4.33. The Morgan fingerprint density at radius 2 is 2.31 bits per heavy atom. The summed E-state index contributed by atoms with van der Waals surface area (Å²) in [5.74, 6) is 0.690. The van der Waals surface area contributed by atoms with Crippen LogP contribution in [-0.2, 0) is 6.54 Å². The van der Waals surface area contributed by atoms with Gasteiger partial charge >= 0.3 is 0 Å². The van der Waals surface area contributed by atoms with Crippen molar-refractivity contribution in [1.82, 2.24) is 9.78 Å². The van der Waals surface area contributed by atoms with Gasteiger partial charge in [0.25, 0.3) is 0 Å². The maximum Gasteiger partial charge on any atom is 0.150 e. The van der Waals surface area contributed by atoms with Crippen molar-refractivity contribution in [1.29, 1.82) is 0 Å².